The molecule has 0 aromatic heterocycles. The van der Waals surface area contributed by atoms with Crippen molar-refractivity contribution in [3.05, 3.63) is 45.7 Å². The van der Waals surface area contributed by atoms with Crippen molar-refractivity contribution in [2.45, 2.75) is 13.3 Å². The first-order valence-electron chi connectivity index (χ1n) is 3.38. The van der Waals surface area contributed by atoms with E-state index in [-0.39, 0.29) is 10.6 Å². The van der Waals surface area contributed by atoms with Crippen molar-refractivity contribution in [1.82, 2.24) is 0 Å². The predicted octanol–water partition coefficient (Wildman–Crippen LogP) is 2.05. The van der Waals surface area contributed by atoms with Gasteiger partial charge in [-0.1, -0.05) is 17.7 Å². The van der Waals surface area contributed by atoms with Crippen LogP contribution < -0.4 is 0 Å². The number of rotatable bonds is 1. The fourth-order valence-electron chi connectivity index (χ4n) is 0.894. The van der Waals surface area contributed by atoms with Crippen molar-refractivity contribution in [1.29, 1.82) is 0 Å². The molecule has 0 saturated carbocycles. The van der Waals surface area contributed by atoms with E-state index in [9.17, 15) is 10.1 Å². The number of nitro groups is 1. The molecule has 1 aliphatic carbocycles. The summed E-state index contributed by atoms with van der Waals surface area (Å²) in [6.07, 6.45) is 7.53. The highest BCUT2D eigenvalue weighted by Gasteiger charge is 2.06. The van der Waals surface area contributed by atoms with Crippen LogP contribution in [0.1, 0.15) is 13.3 Å². The van der Waals surface area contributed by atoms with E-state index in [1.807, 2.05) is 13.0 Å². The van der Waals surface area contributed by atoms with Crippen LogP contribution in [0.15, 0.2) is 35.6 Å². The van der Waals surface area contributed by atoms with Gasteiger partial charge in [0.2, 0.25) is 0 Å². The molecular formula is C8H9NO2. The van der Waals surface area contributed by atoms with Crippen molar-refractivity contribution < 1.29 is 4.92 Å². The second-order valence-corrected chi connectivity index (χ2v) is 2.47. The largest absolute Gasteiger partial charge is 0.269 e. The molecule has 0 N–H and O–H groups in total. The Hall–Kier alpha value is -1.38. The van der Waals surface area contributed by atoms with Gasteiger partial charge in [-0.25, -0.2) is 0 Å². The molecule has 0 saturated heterocycles. The van der Waals surface area contributed by atoms with Crippen LogP contribution in [0.4, 0.5) is 0 Å². The Labute approximate surface area is 64.9 Å². The maximum atomic E-state index is 10.3. The summed E-state index contributed by atoms with van der Waals surface area (Å²) in [6, 6.07) is 0. The van der Waals surface area contributed by atoms with Gasteiger partial charge < -0.3 is 0 Å². The number of hydrogen-bond acceptors (Lipinski definition) is 2. The Morgan fingerprint density at radius 1 is 1.64 bits per heavy atom. The van der Waals surface area contributed by atoms with Gasteiger partial charge in [-0.2, -0.15) is 0 Å². The molecule has 3 heteroatoms. The normalized spacial score (nSPS) is 16.8. The molecule has 0 spiro atoms. The topological polar surface area (TPSA) is 43.1 Å². The van der Waals surface area contributed by atoms with Crippen LogP contribution in [-0.2, 0) is 0 Å². The molecule has 0 amide bonds. The van der Waals surface area contributed by atoms with E-state index < -0.39 is 0 Å². The van der Waals surface area contributed by atoms with Crippen molar-refractivity contribution in [2.24, 2.45) is 0 Å². The Kier molecular flexibility index (Phi) is 2.21. The zero-order valence-corrected chi connectivity index (χ0v) is 6.28. The average Bonchev–Trinajstić information content (AvgIpc) is 2.13. The summed E-state index contributed by atoms with van der Waals surface area (Å²) in [5, 5.41) is 10.3. The second kappa shape index (κ2) is 3.14. The lowest BCUT2D eigenvalue weighted by Gasteiger charge is -1.90. The quantitative estimate of drug-likeness (QED) is 0.425. The Balaban J connectivity index is 2.93. The van der Waals surface area contributed by atoms with Crippen LogP contribution in [-0.4, -0.2) is 4.92 Å². The lowest BCUT2D eigenvalue weighted by Crippen LogP contribution is -1.94. The molecule has 0 heterocycles. The first-order chi connectivity index (χ1) is 5.20. The lowest BCUT2D eigenvalue weighted by molar-refractivity contribution is -0.419. The van der Waals surface area contributed by atoms with Gasteiger partial charge in [0.05, 0.1) is 4.92 Å². The van der Waals surface area contributed by atoms with E-state index in [0.717, 1.165) is 12.0 Å². The van der Waals surface area contributed by atoms with Gasteiger partial charge in [-0.3, -0.25) is 10.1 Å². The summed E-state index contributed by atoms with van der Waals surface area (Å²) in [5.41, 5.74) is 1.18. The molecule has 0 aromatic carbocycles. The monoisotopic (exact) mass is 151 g/mol. The summed E-state index contributed by atoms with van der Waals surface area (Å²) in [4.78, 5) is 9.94. The van der Waals surface area contributed by atoms with E-state index in [1.165, 1.54) is 6.08 Å². The third-order valence-corrected chi connectivity index (χ3v) is 1.45. The summed E-state index contributed by atoms with van der Waals surface area (Å²) in [6.45, 7) is 1.88. The summed E-state index contributed by atoms with van der Waals surface area (Å²) in [7, 11) is 0. The number of hydrogen-bond donors (Lipinski definition) is 0. The Morgan fingerprint density at radius 2 is 2.36 bits per heavy atom. The van der Waals surface area contributed by atoms with Crippen LogP contribution >= 0.6 is 0 Å². The fourth-order valence-corrected chi connectivity index (χ4v) is 0.894. The molecule has 1 aliphatic rings. The highest BCUT2D eigenvalue weighted by Crippen LogP contribution is 2.11. The van der Waals surface area contributed by atoms with Gasteiger partial charge in [0, 0.05) is 12.2 Å². The van der Waals surface area contributed by atoms with Crippen LogP contribution in [0.25, 0.3) is 0 Å². The van der Waals surface area contributed by atoms with E-state index in [2.05, 4.69) is 0 Å². The molecule has 0 radical (unpaired) electrons. The highest BCUT2D eigenvalue weighted by molar-refractivity contribution is 5.26. The second-order valence-electron chi connectivity index (χ2n) is 2.47. The fraction of sp³-hybridized carbons (Fsp3) is 0.250. The zero-order chi connectivity index (χ0) is 8.27. The van der Waals surface area contributed by atoms with Gasteiger partial charge in [-0.15, -0.1) is 0 Å². The molecule has 58 valence electrons. The minimum Gasteiger partial charge on any atom is -0.258 e. The molecule has 0 bridgehead atoms. The van der Waals surface area contributed by atoms with E-state index >= 15 is 0 Å². The SMILES string of the molecule is CC1=CC([N+](=O)[O-])=CC=CC1. The molecule has 1 rings (SSSR count). The maximum absolute atomic E-state index is 10.3. The van der Waals surface area contributed by atoms with Gasteiger partial charge >= 0.3 is 0 Å². The number of nitrogens with zero attached hydrogens (tertiary/aromatic N) is 1. The van der Waals surface area contributed by atoms with Crippen LogP contribution in [0, 0.1) is 10.1 Å². The highest BCUT2D eigenvalue weighted by atomic mass is 16.6. The smallest absolute Gasteiger partial charge is 0.258 e. The molecule has 0 aliphatic heterocycles. The molecule has 3 nitrogen and oxygen atoms in total. The minimum absolute atomic E-state index is 0.163. The van der Waals surface area contributed by atoms with Gasteiger partial charge in [-0.05, 0) is 13.3 Å². The first-order valence-corrected chi connectivity index (χ1v) is 3.38. The molecule has 0 aromatic rings. The Morgan fingerprint density at radius 3 is 3.00 bits per heavy atom. The third-order valence-electron chi connectivity index (χ3n) is 1.45. The van der Waals surface area contributed by atoms with Gasteiger partial charge in [0.15, 0.2) is 0 Å². The van der Waals surface area contributed by atoms with Crippen molar-refractivity contribution in [2.75, 3.05) is 0 Å². The maximum Gasteiger partial charge on any atom is 0.269 e. The van der Waals surface area contributed by atoms with Gasteiger partial charge in [0.1, 0.15) is 0 Å². The molecule has 0 atom stereocenters. The van der Waals surface area contributed by atoms with Crippen LogP contribution in [0.5, 0.6) is 0 Å². The van der Waals surface area contributed by atoms with Crippen LogP contribution in [0.2, 0.25) is 0 Å². The molecule has 0 unspecified atom stereocenters. The molecule has 0 fully saturated rings. The molecule has 11 heavy (non-hydrogen) atoms. The third kappa shape index (κ3) is 2.04. The first kappa shape index (κ1) is 7.72. The summed E-state index contributed by atoms with van der Waals surface area (Å²) in [5.74, 6) is 0. The van der Waals surface area contributed by atoms with Crippen molar-refractivity contribution in [3.8, 4) is 0 Å². The van der Waals surface area contributed by atoms with E-state index in [0.29, 0.717) is 0 Å². The van der Waals surface area contributed by atoms with Crippen molar-refractivity contribution in [3.63, 3.8) is 0 Å². The number of allylic oxidation sites excluding steroid dienone is 5. The van der Waals surface area contributed by atoms with Crippen LogP contribution in [0.3, 0.4) is 0 Å². The predicted molar refractivity (Wildman–Crippen MR) is 42.6 cm³/mol. The van der Waals surface area contributed by atoms with Gasteiger partial charge in [0.25, 0.3) is 5.70 Å². The van der Waals surface area contributed by atoms with E-state index in [4.69, 9.17) is 0 Å². The molecular weight excluding hydrogens is 142 g/mol. The summed E-state index contributed by atoms with van der Waals surface area (Å²) < 4.78 is 0. The zero-order valence-electron chi connectivity index (χ0n) is 6.28. The minimum atomic E-state index is -0.376. The lowest BCUT2D eigenvalue weighted by atomic mass is 10.2. The Bertz CT molecular complexity index is 261. The van der Waals surface area contributed by atoms with E-state index in [1.54, 1.807) is 12.2 Å². The summed E-state index contributed by atoms with van der Waals surface area (Å²) >= 11 is 0. The van der Waals surface area contributed by atoms with Crippen molar-refractivity contribution >= 4 is 0 Å². The average molecular weight is 151 g/mol. The standard InChI is InChI=1S/C8H9NO2/c1-7-4-2-3-5-8(6-7)9(10)11/h2-3,5-6H,4H2,1H3.